The molecule has 0 unspecified atom stereocenters. The maximum Gasteiger partial charge on any atom is 0.0744 e. The highest BCUT2D eigenvalue weighted by atomic mass is 14.7. The highest BCUT2D eigenvalue weighted by Gasteiger charge is 2.23. The fourth-order valence-electron chi connectivity index (χ4n) is 4.22. The fourth-order valence-corrected chi connectivity index (χ4v) is 4.22. The standard InChI is InChI=1S/C23H25N5/c1-13(27-2)21-19(26)9-10-20-22(21)16-5-3-4-6-17(16)23(28-20)14-7-8-18(25)15(11-14)12-24/h7-12,24H,3-6,25-26H2,1-2H3. The number of nitrogens with zero attached hydrogens (tertiary/aromatic N) is 2. The maximum atomic E-state index is 7.63. The van der Waals surface area contributed by atoms with Crippen molar-refractivity contribution < 1.29 is 0 Å². The van der Waals surface area contributed by atoms with E-state index in [1.165, 1.54) is 17.3 Å². The number of hydrogen-bond acceptors (Lipinski definition) is 5. The molecule has 0 radical (unpaired) electrons. The first-order valence-corrected chi connectivity index (χ1v) is 9.63. The zero-order valence-electron chi connectivity index (χ0n) is 16.3. The van der Waals surface area contributed by atoms with E-state index in [4.69, 9.17) is 21.9 Å². The van der Waals surface area contributed by atoms with Crippen LogP contribution in [-0.2, 0) is 12.8 Å². The lowest BCUT2D eigenvalue weighted by molar-refractivity contribution is 0.689. The van der Waals surface area contributed by atoms with E-state index in [0.29, 0.717) is 5.69 Å². The summed E-state index contributed by atoms with van der Waals surface area (Å²) in [6.07, 6.45) is 5.62. The van der Waals surface area contributed by atoms with E-state index in [0.717, 1.165) is 70.4 Å². The number of nitrogen functional groups attached to an aromatic ring is 2. The summed E-state index contributed by atoms with van der Waals surface area (Å²) >= 11 is 0. The molecule has 0 aliphatic heterocycles. The van der Waals surface area contributed by atoms with Crippen molar-refractivity contribution in [1.29, 1.82) is 5.41 Å². The van der Waals surface area contributed by atoms with Gasteiger partial charge in [-0.2, -0.15) is 0 Å². The average molecular weight is 371 g/mol. The van der Waals surface area contributed by atoms with Crippen LogP contribution in [0.2, 0.25) is 0 Å². The summed E-state index contributed by atoms with van der Waals surface area (Å²) in [5.74, 6) is 0. The molecule has 0 spiro atoms. The van der Waals surface area contributed by atoms with Crippen LogP contribution >= 0.6 is 0 Å². The Morgan fingerprint density at radius 3 is 2.50 bits per heavy atom. The van der Waals surface area contributed by atoms with Gasteiger partial charge in [-0.05, 0) is 68.0 Å². The minimum atomic E-state index is 0.609. The fraction of sp³-hybridized carbons (Fsp3) is 0.261. The van der Waals surface area contributed by atoms with E-state index >= 15 is 0 Å². The molecule has 1 heterocycles. The second-order valence-corrected chi connectivity index (χ2v) is 7.35. The molecule has 1 aliphatic carbocycles. The molecule has 2 aromatic carbocycles. The van der Waals surface area contributed by atoms with Gasteiger partial charge in [-0.1, -0.05) is 6.07 Å². The molecule has 0 saturated heterocycles. The molecule has 3 aromatic rings. The van der Waals surface area contributed by atoms with Crippen molar-refractivity contribution in [2.75, 3.05) is 18.5 Å². The van der Waals surface area contributed by atoms with Crippen molar-refractivity contribution in [3.8, 4) is 11.3 Å². The number of fused-ring (bicyclic) bond motifs is 3. The van der Waals surface area contributed by atoms with Crippen molar-refractivity contribution >= 4 is 34.2 Å². The molecule has 0 bridgehead atoms. The van der Waals surface area contributed by atoms with Crippen LogP contribution < -0.4 is 11.5 Å². The van der Waals surface area contributed by atoms with Crippen LogP contribution in [0.25, 0.3) is 22.2 Å². The van der Waals surface area contributed by atoms with Gasteiger partial charge in [0.2, 0.25) is 0 Å². The Kier molecular flexibility index (Phi) is 4.59. The van der Waals surface area contributed by atoms with Gasteiger partial charge < -0.3 is 16.9 Å². The van der Waals surface area contributed by atoms with Gasteiger partial charge in [-0.3, -0.25) is 4.99 Å². The molecule has 0 atom stereocenters. The minimum absolute atomic E-state index is 0.609. The molecule has 0 amide bonds. The lowest BCUT2D eigenvalue weighted by Gasteiger charge is -2.23. The Labute approximate surface area is 165 Å². The van der Waals surface area contributed by atoms with Crippen molar-refractivity contribution in [3.05, 3.63) is 52.6 Å². The quantitative estimate of drug-likeness (QED) is 0.470. The summed E-state index contributed by atoms with van der Waals surface area (Å²) in [6, 6.07) is 9.75. The van der Waals surface area contributed by atoms with Crippen LogP contribution in [-0.4, -0.2) is 24.0 Å². The Morgan fingerprint density at radius 1 is 1.07 bits per heavy atom. The number of hydrogen-bond donors (Lipinski definition) is 3. The number of pyridine rings is 1. The van der Waals surface area contributed by atoms with Gasteiger partial charge in [0.05, 0.1) is 11.2 Å². The van der Waals surface area contributed by atoms with Crippen LogP contribution in [0.15, 0.2) is 35.3 Å². The second kappa shape index (κ2) is 7.08. The van der Waals surface area contributed by atoms with Crippen LogP contribution in [0.3, 0.4) is 0 Å². The number of nitrogens with one attached hydrogen (secondary N) is 1. The first-order chi connectivity index (χ1) is 13.5. The predicted octanol–water partition coefficient (Wildman–Crippen LogP) is 4.38. The molecule has 5 nitrogen and oxygen atoms in total. The molecular formula is C23H25N5. The molecule has 28 heavy (non-hydrogen) atoms. The predicted molar refractivity (Wildman–Crippen MR) is 119 cm³/mol. The van der Waals surface area contributed by atoms with Crippen LogP contribution in [0.4, 0.5) is 11.4 Å². The largest absolute Gasteiger partial charge is 0.398 e. The van der Waals surface area contributed by atoms with Crippen molar-refractivity contribution in [1.82, 2.24) is 4.98 Å². The lowest BCUT2D eigenvalue weighted by atomic mass is 9.84. The summed E-state index contributed by atoms with van der Waals surface area (Å²) in [6.45, 7) is 2.00. The second-order valence-electron chi connectivity index (χ2n) is 7.35. The van der Waals surface area contributed by atoms with Gasteiger partial charge in [-0.25, -0.2) is 4.98 Å². The lowest BCUT2D eigenvalue weighted by Crippen LogP contribution is -2.11. The molecule has 5 N–H and O–H groups in total. The molecule has 4 rings (SSSR count). The van der Waals surface area contributed by atoms with E-state index in [1.807, 2.05) is 37.3 Å². The number of aryl methyl sites for hydroxylation is 1. The Balaban J connectivity index is 2.08. The Bertz CT molecular complexity index is 1130. The number of nitrogens with two attached hydrogens (primary N) is 2. The molecule has 1 aromatic heterocycles. The summed E-state index contributed by atoms with van der Waals surface area (Å²) in [5, 5.41) is 8.77. The van der Waals surface area contributed by atoms with Gasteiger partial charge in [0.1, 0.15) is 0 Å². The summed E-state index contributed by atoms with van der Waals surface area (Å²) in [4.78, 5) is 9.46. The molecule has 5 heteroatoms. The Morgan fingerprint density at radius 2 is 1.79 bits per heavy atom. The van der Waals surface area contributed by atoms with E-state index < -0.39 is 0 Å². The third-order valence-electron chi connectivity index (χ3n) is 5.72. The van der Waals surface area contributed by atoms with E-state index in [-0.39, 0.29) is 0 Å². The van der Waals surface area contributed by atoms with E-state index in [2.05, 4.69) is 4.99 Å². The van der Waals surface area contributed by atoms with E-state index in [9.17, 15) is 0 Å². The van der Waals surface area contributed by atoms with E-state index in [1.54, 1.807) is 7.05 Å². The normalized spacial score (nSPS) is 14.1. The molecular weight excluding hydrogens is 346 g/mol. The summed E-state index contributed by atoms with van der Waals surface area (Å²) in [5.41, 5.74) is 21.9. The number of anilines is 2. The maximum absolute atomic E-state index is 7.63. The summed E-state index contributed by atoms with van der Waals surface area (Å²) < 4.78 is 0. The Hall–Kier alpha value is -3.21. The molecule has 142 valence electrons. The zero-order valence-corrected chi connectivity index (χ0v) is 16.3. The highest BCUT2D eigenvalue weighted by molar-refractivity contribution is 6.14. The third-order valence-corrected chi connectivity index (χ3v) is 5.72. The number of rotatable bonds is 3. The number of aliphatic imine (C=N–C) groups is 1. The van der Waals surface area contributed by atoms with Crippen LogP contribution in [0, 0.1) is 5.41 Å². The van der Waals surface area contributed by atoms with Gasteiger partial charge >= 0.3 is 0 Å². The minimum Gasteiger partial charge on any atom is -0.398 e. The third kappa shape index (κ3) is 2.83. The molecule has 0 fully saturated rings. The van der Waals surface area contributed by atoms with Crippen LogP contribution in [0.1, 0.15) is 42.0 Å². The van der Waals surface area contributed by atoms with Gasteiger partial charge in [0.15, 0.2) is 0 Å². The first-order valence-electron chi connectivity index (χ1n) is 9.63. The smallest absolute Gasteiger partial charge is 0.0744 e. The number of benzene rings is 2. The average Bonchev–Trinajstić information content (AvgIpc) is 2.73. The van der Waals surface area contributed by atoms with Gasteiger partial charge in [-0.15, -0.1) is 0 Å². The summed E-state index contributed by atoms with van der Waals surface area (Å²) in [7, 11) is 1.80. The number of aromatic nitrogens is 1. The molecule has 1 aliphatic rings. The monoisotopic (exact) mass is 371 g/mol. The molecule has 0 saturated carbocycles. The van der Waals surface area contributed by atoms with Gasteiger partial charge in [0.25, 0.3) is 0 Å². The van der Waals surface area contributed by atoms with Crippen molar-refractivity contribution in [2.24, 2.45) is 4.99 Å². The highest BCUT2D eigenvalue weighted by Crippen LogP contribution is 2.38. The SMILES string of the molecule is CN=C(C)c1c(N)ccc2nc(-c3ccc(N)c(C=N)c3)c3c(c12)CCCC3. The topological polar surface area (TPSA) is 101 Å². The van der Waals surface area contributed by atoms with Crippen molar-refractivity contribution in [2.45, 2.75) is 32.6 Å². The van der Waals surface area contributed by atoms with Gasteiger partial charge in [0, 0.05) is 52.4 Å². The van der Waals surface area contributed by atoms with Crippen molar-refractivity contribution in [3.63, 3.8) is 0 Å². The zero-order chi connectivity index (χ0) is 19.8. The first kappa shape index (κ1) is 18.2. The van der Waals surface area contributed by atoms with Crippen LogP contribution in [0.5, 0.6) is 0 Å².